The molecule has 2 rings (SSSR count). The van der Waals surface area contributed by atoms with E-state index in [9.17, 15) is 9.59 Å². The molecule has 0 aliphatic carbocycles. The van der Waals surface area contributed by atoms with Gasteiger partial charge in [0.25, 0.3) is 5.56 Å². The van der Waals surface area contributed by atoms with Gasteiger partial charge in [0.1, 0.15) is 11.6 Å². The second kappa shape index (κ2) is 6.91. The van der Waals surface area contributed by atoms with Gasteiger partial charge in [0.15, 0.2) is 0 Å². The van der Waals surface area contributed by atoms with Crippen molar-refractivity contribution in [3.63, 3.8) is 0 Å². The lowest BCUT2D eigenvalue weighted by molar-refractivity contribution is -0.141. The zero-order valence-electron chi connectivity index (χ0n) is 12.1. The maximum Gasteiger partial charge on any atom is 0.327 e. The van der Waals surface area contributed by atoms with E-state index in [1.165, 1.54) is 7.11 Å². The Kier molecular flexibility index (Phi) is 5.19. The zero-order chi connectivity index (χ0) is 15.4. The molecule has 1 aliphatic rings. The highest BCUT2D eigenvalue weighted by Crippen LogP contribution is 2.28. The Morgan fingerprint density at radius 1 is 1.62 bits per heavy atom. The third kappa shape index (κ3) is 3.36. The summed E-state index contributed by atoms with van der Waals surface area (Å²) in [6.45, 7) is 1.42. The minimum atomic E-state index is -0.539. The number of halogens is 1. The van der Waals surface area contributed by atoms with Crippen LogP contribution < -0.4 is 15.8 Å². The number of hydrogen-bond donors (Lipinski definition) is 1. The monoisotopic (exact) mass is 314 g/mol. The average Bonchev–Trinajstić information content (AvgIpc) is 2.92. The van der Waals surface area contributed by atoms with E-state index < -0.39 is 11.5 Å². The lowest BCUT2D eigenvalue weighted by atomic mass is 10.2. The summed E-state index contributed by atoms with van der Waals surface area (Å²) in [5.74, 6) is -0.539. The molecule has 21 heavy (non-hydrogen) atoms. The number of nitrogens with one attached hydrogen (secondary N) is 1. The SMILES string of the molecule is CNCC1CCCN1c1cnn(CC(=O)OC)c(=O)c1Cl. The van der Waals surface area contributed by atoms with Crippen molar-refractivity contribution in [2.45, 2.75) is 25.4 Å². The normalized spacial score (nSPS) is 18.0. The number of carbonyl (C=O) groups excluding carboxylic acids is 1. The maximum atomic E-state index is 12.2. The van der Waals surface area contributed by atoms with Gasteiger partial charge in [-0.05, 0) is 19.9 Å². The highest BCUT2D eigenvalue weighted by molar-refractivity contribution is 6.33. The van der Waals surface area contributed by atoms with E-state index in [0.29, 0.717) is 11.7 Å². The van der Waals surface area contributed by atoms with Gasteiger partial charge in [-0.15, -0.1) is 0 Å². The molecule has 0 aromatic carbocycles. The summed E-state index contributed by atoms with van der Waals surface area (Å²) in [6, 6.07) is 0.296. The summed E-state index contributed by atoms with van der Waals surface area (Å²) in [7, 11) is 3.15. The minimum absolute atomic E-state index is 0.0944. The molecule has 1 aromatic rings. The highest BCUT2D eigenvalue weighted by Gasteiger charge is 2.27. The Bertz CT molecular complexity index is 575. The number of ether oxygens (including phenoxy) is 1. The van der Waals surface area contributed by atoms with Crippen LogP contribution in [0.3, 0.4) is 0 Å². The lowest BCUT2D eigenvalue weighted by Gasteiger charge is -2.27. The van der Waals surface area contributed by atoms with Crippen molar-refractivity contribution in [3.05, 3.63) is 21.6 Å². The summed E-state index contributed by atoms with van der Waals surface area (Å²) in [5, 5.41) is 7.26. The van der Waals surface area contributed by atoms with E-state index in [4.69, 9.17) is 11.6 Å². The molecule has 2 heterocycles. The molecule has 8 heteroatoms. The second-order valence-electron chi connectivity index (χ2n) is 4.93. The standard InChI is InChI=1S/C13H19ClN4O3/c1-15-6-9-4-3-5-17(9)10-7-16-18(8-11(19)21-2)13(20)12(10)14/h7,9,15H,3-6,8H2,1-2H3. The van der Waals surface area contributed by atoms with E-state index >= 15 is 0 Å². The van der Waals surface area contributed by atoms with Crippen molar-refractivity contribution in [3.8, 4) is 0 Å². The van der Waals surface area contributed by atoms with Gasteiger partial charge in [0.2, 0.25) is 0 Å². The molecular formula is C13H19ClN4O3. The van der Waals surface area contributed by atoms with Crippen LogP contribution in [0.2, 0.25) is 5.02 Å². The van der Waals surface area contributed by atoms with Crippen molar-refractivity contribution in [1.29, 1.82) is 0 Å². The van der Waals surface area contributed by atoms with Crippen LogP contribution in [-0.2, 0) is 16.1 Å². The number of aromatic nitrogens is 2. The smallest absolute Gasteiger partial charge is 0.327 e. The van der Waals surface area contributed by atoms with Crippen molar-refractivity contribution in [2.75, 3.05) is 32.1 Å². The summed E-state index contributed by atoms with van der Waals surface area (Å²) in [4.78, 5) is 25.5. The molecule has 1 unspecified atom stereocenters. The molecule has 0 spiro atoms. The molecule has 1 aromatic heterocycles. The van der Waals surface area contributed by atoms with E-state index in [0.717, 1.165) is 30.6 Å². The number of carbonyl (C=O) groups is 1. The summed E-state index contributed by atoms with van der Waals surface area (Å²) < 4.78 is 5.54. The first-order chi connectivity index (χ1) is 10.1. The zero-order valence-corrected chi connectivity index (χ0v) is 12.9. The first-order valence-electron chi connectivity index (χ1n) is 6.82. The number of esters is 1. The molecule has 1 fully saturated rings. The van der Waals surface area contributed by atoms with E-state index in [1.807, 2.05) is 7.05 Å². The van der Waals surface area contributed by atoms with Gasteiger partial charge in [-0.3, -0.25) is 9.59 Å². The van der Waals surface area contributed by atoms with Crippen LogP contribution in [-0.4, -0.2) is 49.0 Å². The summed E-state index contributed by atoms with van der Waals surface area (Å²) >= 11 is 6.18. The average molecular weight is 315 g/mol. The van der Waals surface area contributed by atoms with Gasteiger partial charge in [0, 0.05) is 19.1 Å². The van der Waals surface area contributed by atoms with Crippen LogP contribution in [0.25, 0.3) is 0 Å². The van der Waals surface area contributed by atoms with E-state index in [2.05, 4.69) is 20.1 Å². The summed E-state index contributed by atoms with van der Waals surface area (Å²) in [5.41, 5.74) is 0.148. The maximum absolute atomic E-state index is 12.2. The Balaban J connectivity index is 2.28. The van der Waals surface area contributed by atoms with Crippen LogP contribution in [0.15, 0.2) is 11.0 Å². The third-order valence-corrected chi connectivity index (χ3v) is 3.95. The Labute approximate surface area is 127 Å². The number of methoxy groups -OCH3 is 1. The Morgan fingerprint density at radius 2 is 2.38 bits per heavy atom. The molecule has 0 saturated carbocycles. The molecule has 0 bridgehead atoms. The van der Waals surface area contributed by atoms with Crippen molar-refractivity contribution >= 4 is 23.3 Å². The predicted octanol–water partition coefficient (Wildman–Crippen LogP) is 0.258. The van der Waals surface area contributed by atoms with Crippen molar-refractivity contribution in [1.82, 2.24) is 15.1 Å². The number of anilines is 1. The van der Waals surface area contributed by atoms with E-state index in [-0.39, 0.29) is 11.6 Å². The molecule has 7 nitrogen and oxygen atoms in total. The van der Waals surface area contributed by atoms with Crippen LogP contribution >= 0.6 is 11.6 Å². The van der Waals surface area contributed by atoms with Gasteiger partial charge >= 0.3 is 5.97 Å². The fourth-order valence-electron chi connectivity index (χ4n) is 2.56. The van der Waals surface area contributed by atoms with Crippen molar-refractivity contribution in [2.24, 2.45) is 0 Å². The highest BCUT2D eigenvalue weighted by atomic mass is 35.5. The molecular weight excluding hydrogens is 296 g/mol. The first kappa shape index (κ1) is 15.8. The number of nitrogens with zero attached hydrogens (tertiary/aromatic N) is 3. The van der Waals surface area contributed by atoms with E-state index in [1.54, 1.807) is 6.20 Å². The molecule has 1 saturated heterocycles. The van der Waals surface area contributed by atoms with Gasteiger partial charge in [-0.1, -0.05) is 11.6 Å². The first-order valence-corrected chi connectivity index (χ1v) is 7.20. The van der Waals surface area contributed by atoms with Crippen molar-refractivity contribution < 1.29 is 9.53 Å². The number of hydrogen-bond acceptors (Lipinski definition) is 6. The van der Waals surface area contributed by atoms with Gasteiger partial charge in [0.05, 0.1) is 19.0 Å². The molecule has 116 valence electrons. The lowest BCUT2D eigenvalue weighted by Crippen LogP contribution is -2.38. The number of likely N-dealkylation sites (N-methyl/N-ethyl adjacent to an activating group) is 1. The minimum Gasteiger partial charge on any atom is -0.468 e. The molecule has 1 N–H and O–H groups in total. The van der Waals surface area contributed by atoms with Gasteiger partial charge in [-0.25, -0.2) is 4.68 Å². The molecule has 1 aliphatic heterocycles. The largest absolute Gasteiger partial charge is 0.468 e. The fraction of sp³-hybridized carbons (Fsp3) is 0.615. The van der Waals surface area contributed by atoms with Crippen LogP contribution in [0.1, 0.15) is 12.8 Å². The molecule has 0 radical (unpaired) electrons. The quantitative estimate of drug-likeness (QED) is 0.786. The predicted molar refractivity (Wildman–Crippen MR) is 79.8 cm³/mol. The van der Waals surface area contributed by atoms with Gasteiger partial charge in [-0.2, -0.15) is 5.10 Å². The number of rotatable bonds is 5. The fourth-order valence-corrected chi connectivity index (χ4v) is 2.81. The topological polar surface area (TPSA) is 76.5 Å². The third-order valence-electron chi connectivity index (χ3n) is 3.60. The van der Waals surface area contributed by atoms with Crippen LogP contribution in [0.5, 0.6) is 0 Å². The molecule has 0 amide bonds. The summed E-state index contributed by atoms with van der Waals surface area (Å²) in [6.07, 6.45) is 3.64. The van der Waals surface area contributed by atoms with Crippen LogP contribution in [0, 0.1) is 0 Å². The van der Waals surface area contributed by atoms with Crippen LogP contribution in [0.4, 0.5) is 5.69 Å². The molecule has 1 atom stereocenters. The Morgan fingerprint density at radius 3 is 3.05 bits per heavy atom. The van der Waals surface area contributed by atoms with Gasteiger partial charge < -0.3 is 15.0 Å². The Hall–Kier alpha value is -1.60. The second-order valence-corrected chi connectivity index (χ2v) is 5.31.